The molecule has 1 heterocycles. The Morgan fingerprint density at radius 2 is 2.17 bits per heavy atom. The highest BCUT2D eigenvalue weighted by molar-refractivity contribution is 6.45. The molecule has 0 bridgehead atoms. The number of carbonyl (C=O) groups excluding carboxylic acids is 1. The topological polar surface area (TPSA) is 55.8 Å². The standard InChI is InChI=1S/CHO4Si/c2-1-4-6(3)5-1/h3H. The summed E-state index contributed by atoms with van der Waals surface area (Å²) in [4.78, 5) is 17.6. The molecular formula is CHO4Si. The van der Waals surface area contributed by atoms with E-state index in [1.165, 1.54) is 0 Å². The summed E-state index contributed by atoms with van der Waals surface area (Å²) in [6.45, 7) is 0. The highest BCUT2D eigenvalue weighted by Gasteiger charge is 2.36. The Balaban J connectivity index is 2.28. The second-order valence-electron chi connectivity index (χ2n) is 0.720. The minimum Gasteiger partial charge on any atom is -0.429 e. The average molecular weight is 105 g/mol. The van der Waals surface area contributed by atoms with Crippen LogP contribution in [0.3, 0.4) is 0 Å². The van der Waals surface area contributed by atoms with Crippen molar-refractivity contribution in [2.45, 2.75) is 0 Å². The van der Waals surface area contributed by atoms with Gasteiger partial charge in [0.05, 0.1) is 0 Å². The molecule has 0 aromatic rings. The fourth-order valence-corrected chi connectivity index (χ4v) is 0.451. The predicted molar refractivity (Wildman–Crippen MR) is 15.5 cm³/mol. The van der Waals surface area contributed by atoms with E-state index in [2.05, 4.69) is 8.85 Å². The van der Waals surface area contributed by atoms with Gasteiger partial charge in [0, 0.05) is 0 Å². The van der Waals surface area contributed by atoms with E-state index >= 15 is 0 Å². The molecule has 1 aliphatic rings. The van der Waals surface area contributed by atoms with Crippen molar-refractivity contribution in [3.05, 3.63) is 0 Å². The summed E-state index contributed by atoms with van der Waals surface area (Å²) in [7, 11) is -2.09. The van der Waals surface area contributed by atoms with Crippen LogP contribution < -0.4 is 0 Å². The third-order valence-corrected chi connectivity index (χ3v) is 1.02. The van der Waals surface area contributed by atoms with Crippen molar-refractivity contribution in [2.75, 3.05) is 0 Å². The lowest BCUT2D eigenvalue weighted by molar-refractivity contribution is 0.0555. The monoisotopic (exact) mass is 105 g/mol. The Bertz CT molecular complexity index is 71.6. The molecule has 0 amide bonds. The molecule has 0 atom stereocenters. The van der Waals surface area contributed by atoms with Crippen molar-refractivity contribution in [2.24, 2.45) is 0 Å². The highest BCUT2D eigenvalue weighted by Crippen LogP contribution is 2.00. The summed E-state index contributed by atoms with van der Waals surface area (Å²) in [5.41, 5.74) is 0. The van der Waals surface area contributed by atoms with Crippen molar-refractivity contribution >= 4 is 15.7 Å². The molecule has 1 saturated heterocycles. The van der Waals surface area contributed by atoms with Crippen LogP contribution >= 0.6 is 0 Å². The lowest BCUT2D eigenvalue weighted by Crippen LogP contribution is -2.39. The lowest BCUT2D eigenvalue weighted by Gasteiger charge is -2.14. The van der Waals surface area contributed by atoms with Crippen LogP contribution in [0.15, 0.2) is 0 Å². The van der Waals surface area contributed by atoms with Crippen molar-refractivity contribution in [1.82, 2.24) is 0 Å². The molecule has 1 rings (SSSR count). The normalized spacial score (nSPS) is 21.2. The molecule has 1 fully saturated rings. The zero-order valence-electron chi connectivity index (χ0n) is 2.67. The predicted octanol–water partition coefficient (Wildman–Crippen LogP) is -0.870. The molecule has 1 aliphatic heterocycles. The zero-order valence-corrected chi connectivity index (χ0v) is 3.67. The number of hydrogen-bond donors (Lipinski definition) is 1. The van der Waals surface area contributed by atoms with Crippen LogP contribution in [-0.4, -0.2) is 20.5 Å². The fourth-order valence-electron chi connectivity index (χ4n) is 0.150. The average Bonchev–Trinajstić information content (AvgIpc) is 1.33. The van der Waals surface area contributed by atoms with Gasteiger partial charge in [-0.2, -0.15) is 0 Å². The van der Waals surface area contributed by atoms with E-state index < -0.39 is 15.7 Å². The van der Waals surface area contributed by atoms with Crippen LogP contribution in [-0.2, 0) is 8.85 Å². The highest BCUT2D eigenvalue weighted by atomic mass is 28.3. The van der Waals surface area contributed by atoms with E-state index in [-0.39, 0.29) is 0 Å². The van der Waals surface area contributed by atoms with Crippen molar-refractivity contribution in [1.29, 1.82) is 0 Å². The van der Waals surface area contributed by atoms with E-state index in [9.17, 15) is 4.79 Å². The molecule has 1 radical (unpaired) electrons. The van der Waals surface area contributed by atoms with Crippen molar-refractivity contribution in [3.8, 4) is 0 Å². The maximum atomic E-state index is 9.53. The first-order valence-electron chi connectivity index (χ1n) is 1.24. The third kappa shape index (κ3) is 0.372. The first-order chi connectivity index (χ1) is 2.79. The lowest BCUT2D eigenvalue weighted by atomic mass is 11.4. The van der Waals surface area contributed by atoms with Crippen molar-refractivity contribution < 1.29 is 18.4 Å². The molecule has 0 aliphatic carbocycles. The van der Waals surface area contributed by atoms with Gasteiger partial charge in [-0.25, -0.2) is 4.79 Å². The van der Waals surface area contributed by atoms with Crippen LogP contribution in [0.25, 0.3) is 0 Å². The van der Waals surface area contributed by atoms with Gasteiger partial charge in [-0.1, -0.05) is 0 Å². The molecule has 0 spiro atoms. The van der Waals surface area contributed by atoms with Crippen LogP contribution in [0.5, 0.6) is 0 Å². The second-order valence-corrected chi connectivity index (χ2v) is 1.66. The number of hydrogen-bond acceptors (Lipinski definition) is 4. The van der Waals surface area contributed by atoms with Gasteiger partial charge in [-0.15, -0.1) is 0 Å². The summed E-state index contributed by atoms with van der Waals surface area (Å²) < 4.78 is 7.87. The fraction of sp³-hybridized carbons (Fsp3) is 0. The SMILES string of the molecule is O=C1O[Si](O)O1. The Morgan fingerprint density at radius 3 is 2.17 bits per heavy atom. The van der Waals surface area contributed by atoms with Crippen LogP contribution in [0, 0.1) is 0 Å². The van der Waals surface area contributed by atoms with Gasteiger partial charge in [-0.3, -0.25) is 0 Å². The Hall–Kier alpha value is -0.553. The Labute approximate surface area is 35.3 Å². The first-order valence-corrected chi connectivity index (χ1v) is 2.51. The van der Waals surface area contributed by atoms with Gasteiger partial charge >= 0.3 is 15.7 Å². The zero-order chi connectivity index (χ0) is 4.57. The van der Waals surface area contributed by atoms with Gasteiger partial charge in [-0.05, 0) is 0 Å². The Kier molecular flexibility index (Phi) is 0.576. The van der Waals surface area contributed by atoms with Gasteiger partial charge in [0.2, 0.25) is 0 Å². The molecule has 0 unspecified atom stereocenters. The molecule has 6 heavy (non-hydrogen) atoms. The molecular weight excluding hydrogens is 104 g/mol. The smallest absolute Gasteiger partial charge is 0.429 e. The van der Waals surface area contributed by atoms with E-state index in [4.69, 9.17) is 4.80 Å². The molecule has 5 heteroatoms. The van der Waals surface area contributed by atoms with Gasteiger partial charge in [0.15, 0.2) is 0 Å². The summed E-state index contributed by atoms with van der Waals surface area (Å²) >= 11 is 0. The van der Waals surface area contributed by atoms with Gasteiger partial charge < -0.3 is 13.6 Å². The van der Waals surface area contributed by atoms with Crippen LogP contribution in [0.2, 0.25) is 0 Å². The van der Waals surface area contributed by atoms with E-state index in [0.29, 0.717) is 0 Å². The maximum Gasteiger partial charge on any atom is 0.742 e. The maximum absolute atomic E-state index is 9.53. The van der Waals surface area contributed by atoms with E-state index in [0.717, 1.165) is 0 Å². The van der Waals surface area contributed by atoms with Gasteiger partial charge in [0.25, 0.3) is 0 Å². The molecule has 0 aromatic carbocycles. The quantitative estimate of drug-likeness (QED) is 0.407. The molecule has 4 nitrogen and oxygen atoms in total. The Morgan fingerprint density at radius 1 is 1.67 bits per heavy atom. The first kappa shape index (κ1) is 3.63. The minimum atomic E-state index is -2.09. The van der Waals surface area contributed by atoms with E-state index in [1.807, 2.05) is 0 Å². The van der Waals surface area contributed by atoms with E-state index in [1.54, 1.807) is 0 Å². The third-order valence-electron chi connectivity index (χ3n) is 0.341. The molecule has 1 N–H and O–H groups in total. The summed E-state index contributed by atoms with van der Waals surface area (Å²) in [6.07, 6.45) is -0.772. The van der Waals surface area contributed by atoms with Crippen LogP contribution in [0.4, 0.5) is 4.79 Å². The summed E-state index contributed by atoms with van der Waals surface area (Å²) in [5, 5.41) is 0. The van der Waals surface area contributed by atoms with Gasteiger partial charge in [0.1, 0.15) is 0 Å². The second kappa shape index (κ2) is 0.953. The summed E-state index contributed by atoms with van der Waals surface area (Å²) in [5.74, 6) is 0. The largest absolute Gasteiger partial charge is 0.742 e. The number of rotatable bonds is 0. The van der Waals surface area contributed by atoms with Crippen molar-refractivity contribution in [3.63, 3.8) is 0 Å². The molecule has 0 aromatic heterocycles. The summed E-state index contributed by atoms with van der Waals surface area (Å²) in [6, 6.07) is 0. The molecule has 0 saturated carbocycles. The minimum absolute atomic E-state index is 0.772. The number of carbonyl (C=O) groups is 1. The molecule has 33 valence electrons. The van der Waals surface area contributed by atoms with Crippen LogP contribution in [0.1, 0.15) is 0 Å².